The summed E-state index contributed by atoms with van der Waals surface area (Å²) in [5, 5.41) is 5.75. The first-order valence-electron chi connectivity index (χ1n) is 10.2. The number of aromatic nitrogens is 1. The van der Waals surface area contributed by atoms with Crippen molar-refractivity contribution in [2.75, 3.05) is 18.4 Å². The Bertz CT molecular complexity index is 814. The molecule has 0 aliphatic heterocycles. The summed E-state index contributed by atoms with van der Waals surface area (Å²) in [6.07, 6.45) is 2.23. The van der Waals surface area contributed by atoms with Gasteiger partial charge in [-0.25, -0.2) is 9.78 Å². The van der Waals surface area contributed by atoms with E-state index >= 15 is 0 Å². The number of carbonyl (C=O) groups is 2. The molecule has 7 nitrogen and oxygen atoms in total. The first-order valence-corrected chi connectivity index (χ1v) is 10.2. The van der Waals surface area contributed by atoms with Crippen LogP contribution in [0.5, 0.6) is 0 Å². The Labute approximate surface area is 172 Å². The quantitative estimate of drug-likeness (QED) is 0.656. The standard InChI is InChI=1S/C22H32N4O3/c1-6-17-8-7-9-18(10-17)24-22(28)26(12-16(4)5)13-20-25-19(14-29-20)21(27)23-11-15(2)3/h7-10,14-16H,6,11-13H2,1-5H3,(H,23,27)(H,24,28). The smallest absolute Gasteiger partial charge is 0.322 e. The van der Waals surface area contributed by atoms with Crippen LogP contribution in [0.2, 0.25) is 0 Å². The number of rotatable bonds is 9. The Morgan fingerprint density at radius 3 is 2.59 bits per heavy atom. The Morgan fingerprint density at radius 1 is 1.17 bits per heavy atom. The first-order chi connectivity index (χ1) is 13.8. The lowest BCUT2D eigenvalue weighted by Gasteiger charge is -2.23. The van der Waals surface area contributed by atoms with Gasteiger partial charge in [0, 0.05) is 18.8 Å². The summed E-state index contributed by atoms with van der Waals surface area (Å²) in [5.74, 6) is 0.677. The van der Waals surface area contributed by atoms with Crippen LogP contribution in [0.4, 0.5) is 10.5 Å². The molecule has 1 heterocycles. The van der Waals surface area contributed by atoms with Gasteiger partial charge in [0.1, 0.15) is 6.26 Å². The number of urea groups is 1. The van der Waals surface area contributed by atoms with Gasteiger partial charge in [0.15, 0.2) is 5.69 Å². The zero-order valence-corrected chi connectivity index (χ0v) is 18.0. The third-order valence-corrected chi connectivity index (χ3v) is 4.24. The summed E-state index contributed by atoms with van der Waals surface area (Å²) >= 11 is 0. The van der Waals surface area contributed by atoms with E-state index in [0.29, 0.717) is 24.9 Å². The van der Waals surface area contributed by atoms with Gasteiger partial charge in [-0.3, -0.25) is 4.79 Å². The molecule has 2 rings (SSSR count). The van der Waals surface area contributed by atoms with Crippen molar-refractivity contribution in [1.29, 1.82) is 0 Å². The maximum absolute atomic E-state index is 12.8. The van der Waals surface area contributed by atoms with E-state index in [1.807, 2.05) is 52.0 Å². The number of aryl methyl sites for hydroxylation is 1. The van der Waals surface area contributed by atoms with Gasteiger partial charge in [0.2, 0.25) is 5.89 Å². The van der Waals surface area contributed by atoms with Crippen LogP contribution in [0, 0.1) is 11.8 Å². The van der Waals surface area contributed by atoms with Crippen molar-refractivity contribution in [1.82, 2.24) is 15.2 Å². The molecule has 7 heteroatoms. The van der Waals surface area contributed by atoms with Crippen molar-refractivity contribution in [2.45, 2.75) is 47.6 Å². The maximum atomic E-state index is 12.8. The number of benzene rings is 1. The van der Waals surface area contributed by atoms with Gasteiger partial charge in [-0.1, -0.05) is 46.8 Å². The largest absolute Gasteiger partial charge is 0.446 e. The molecule has 0 aliphatic rings. The molecule has 158 valence electrons. The van der Waals surface area contributed by atoms with Gasteiger partial charge in [0.05, 0.1) is 6.54 Å². The van der Waals surface area contributed by atoms with E-state index in [4.69, 9.17) is 4.42 Å². The van der Waals surface area contributed by atoms with Crippen LogP contribution in [-0.4, -0.2) is 34.9 Å². The van der Waals surface area contributed by atoms with Gasteiger partial charge >= 0.3 is 6.03 Å². The number of hydrogen-bond acceptors (Lipinski definition) is 4. The number of amides is 3. The summed E-state index contributed by atoms with van der Waals surface area (Å²) in [7, 11) is 0. The van der Waals surface area contributed by atoms with Crippen LogP contribution in [0.3, 0.4) is 0 Å². The fraction of sp³-hybridized carbons (Fsp3) is 0.500. The van der Waals surface area contributed by atoms with Crippen LogP contribution < -0.4 is 10.6 Å². The molecule has 0 bridgehead atoms. The molecular formula is C22H32N4O3. The number of nitrogens with one attached hydrogen (secondary N) is 2. The van der Waals surface area contributed by atoms with Crippen molar-refractivity contribution < 1.29 is 14.0 Å². The van der Waals surface area contributed by atoms with Crippen molar-refractivity contribution in [2.24, 2.45) is 11.8 Å². The average Bonchev–Trinajstić information content (AvgIpc) is 3.14. The zero-order chi connectivity index (χ0) is 21.4. The summed E-state index contributed by atoms with van der Waals surface area (Å²) < 4.78 is 5.45. The van der Waals surface area contributed by atoms with Gasteiger partial charge in [0.25, 0.3) is 5.91 Å². The van der Waals surface area contributed by atoms with Gasteiger partial charge in [-0.2, -0.15) is 0 Å². The third kappa shape index (κ3) is 7.25. The number of hydrogen-bond donors (Lipinski definition) is 2. The first kappa shape index (κ1) is 22.5. The van der Waals surface area contributed by atoms with Crippen molar-refractivity contribution >= 4 is 17.6 Å². The number of carbonyl (C=O) groups excluding carboxylic acids is 2. The second-order valence-electron chi connectivity index (χ2n) is 7.99. The molecule has 2 aromatic rings. The van der Waals surface area contributed by atoms with Crippen molar-refractivity contribution in [3.05, 3.63) is 47.7 Å². The van der Waals surface area contributed by atoms with E-state index in [1.165, 1.54) is 6.26 Å². The van der Waals surface area contributed by atoms with Crippen LogP contribution >= 0.6 is 0 Å². The highest BCUT2D eigenvalue weighted by atomic mass is 16.3. The van der Waals surface area contributed by atoms with Crippen LogP contribution in [0.25, 0.3) is 0 Å². The maximum Gasteiger partial charge on any atom is 0.322 e. The molecule has 0 saturated heterocycles. The van der Waals surface area contributed by atoms with Gasteiger partial charge in [-0.15, -0.1) is 0 Å². The molecule has 1 aromatic carbocycles. The molecule has 0 fully saturated rings. The van der Waals surface area contributed by atoms with Gasteiger partial charge in [-0.05, 0) is 36.0 Å². The molecule has 0 radical (unpaired) electrons. The molecule has 0 atom stereocenters. The third-order valence-electron chi connectivity index (χ3n) is 4.24. The highest BCUT2D eigenvalue weighted by Gasteiger charge is 2.20. The second-order valence-corrected chi connectivity index (χ2v) is 7.99. The second kappa shape index (κ2) is 10.6. The topological polar surface area (TPSA) is 87.5 Å². The van der Waals surface area contributed by atoms with Crippen LogP contribution in [-0.2, 0) is 13.0 Å². The Morgan fingerprint density at radius 2 is 1.93 bits per heavy atom. The lowest BCUT2D eigenvalue weighted by atomic mass is 10.1. The molecule has 0 saturated carbocycles. The Hall–Kier alpha value is -2.83. The highest BCUT2D eigenvalue weighted by Crippen LogP contribution is 2.14. The minimum absolute atomic E-state index is 0.189. The molecule has 0 unspecified atom stereocenters. The van der Waals surface area contributed by atoms with E-state index < -0.39 is 0 Å². The zero-order valence-electron chi connectivity index (χ0n) is 18.0. The molecule has 1 aromatic heterocycles. The summed E-state index contributed by atoms with van der Waals surface area (Å²) in [6.45, 7) is 11.5. The Balaban J connectivity index is 2.06. The predicted octanol–water partition coefficient (Wildman–Crippen LogP) is 4.31. The summed E-state index contributed by atoms with van der Waals surface area (Å²) in [4.78, 5) is 30.9. The Kier molecular flexibility index (Phi) is 8.24. The lowest BCUT2D eigenvalue weighted by Crippen LogP contribution is -2.37. The minimum Gasteiger partial charge on any atom is -0.446 e. The fourth-order valence-corrected chi connectivity index (χ4v) is 2.77. The lowest BCUT2D eigenvalue weighted by molar-refractivity contribution is 0.0944. The molecule has 29 heavy (non-hydrogen) atoms. The van der Waals surface area contributed by atoms with Crippen LogP contribution in [0.15, 0.2) is 34.9 Å². The molecule has 0 spiro atoms. The van der Waals surface area contributed by atoms with Crippen molar-refractivity contribution in [3.8, 4) is 0 Å². The van der Waals surface area contributed by atoms with Crippen LogP contribution in [0.1, 0.15) is 56.6 Å². The van der Waals surface area contributed by atoms with Gasteiger partial charge < -0.3 is 20.0 Å². The SMILES string of the molecule is CCc1cccc(NC(=O)N(Cc2nc(C(=O)NCC(C)C)co2)CC(C)C)c1. The number of anilines is 1. The van der Waals surface area contributed by atoms with Crippen molar-refractivity contribution in [3.63, 3.8) is 0 Å². The molecular weight excluding hydrogens is 368 g/mol. The molecule has 3 amide bonds. The van der Waals surface area contributed by atoms with E-state index in [1.54, 1.807) is 4.90 Å². The van der Waals surface area contributed by atoms with E-state index in [9.17, 15) is 9.59 Å². The number of oxazole rings is 1. The monoisotopic (exact) mass is 400 g/mol. The minimum atomic E-state index is -0.273. The predicted molar refractivity (Wildman–Crippen MR) is 114 cm³/mol. The average molecular weight is 401 g/mol. The summed E-state index contributed by atoms with van der Waals surface area (Å²) in [5.41, 5.74) is 2.13. The van der Waals surface area contributed by atoms with E-state index in [-0.39, 0.29) is 30.1 Å². The normalized spacial score (nSPS) is 11.0. The number of nitrogens with zero attached hydrogens (tertiary/aromatic N) is 2. The van der Waals surface area contributed by atoms with E-state index in [2.05, 4.69) is 22.5 Å². The summed E-state index contributed by atoms with van der Waals surface area (Å²) in [6, 6.07) is 7.56. The fourth-order valence-electron chi connectivity index (χ4n) is 2.77. The molecule has 0 aliphatic carbocycles. The highest BCUT2D eigenvalue weighted by molar-refractivity contribution is 5.92. The van der Waals surface area contributed by atoms with E-state index in [0.717, 1.165) is 17.7 Å². The molecule has 2 N–H and O–H groups in total.